The second-order valence-corrected chi connectivity index (χ2v) is 4.33. The first-order chi connectivity index (χ1) is 7.77. The van der Waals surface area contributed by atoms with E-state index in [0.29, 0.717) is 13.0 Å². The van der Waals surface area contributed by atoms with Gasteiger partial charge in [0.2, 0.25) is 5.91 Å². The maximum atomic E-state index is 11.6. The Kier molecular flexibility index (Phi) is 3.19. The Balaban J connectivity index is 2.33. The summed E-state index contributed by atoms with van der Waals surface area (Å²) in [7, 11) is 0. The molecule has 0 aromatic carbocycles. The van der Waals surface area contributed by atoms with Gasteiger partial charge in [-0.2, -0.15) is 0 Å². The molecular weight excluding hydrogens is 202 g/mol. The third-order valence-corrected chi connectivity index (χ3v) is 3.25. The average Bonchev–Trinajstić information content (AvgIpc) is 2.53. The minimum atomic E-state index is -0.276. The molecule has 1 aliphatic rings. The summed E-state index contributed by atoms with van der Waals surface area (Å²) in [5.74, 6) is 0.0774. The van der Waals surface area contributed by atoms with Crippen LogP contribution in [0.4, 0.5) is 0 Å². The smallest absolute Gasteiger partial charge is 0.221 e. The topological polar surface area (TPSA) is 68.0 Å². The molecule has 0 saturated carbocycles. The minimum absolute atomic E-state index is 0.0774. The fourth-order valence-electron chi connectivity index (χ4n) is 2.29. The predicted molar refractivity (Wildman–Crippen MR) is 61.8 cm³/mol. The number of nitrogens with two attached hydrogens (primary N) is 1. The van der Waals surface area contributed by atoms with Gasteiger partial charge in [-0.1, -0.05) is 6.07 Å². The number of hydrogen-bond donors (Lipinski definition) is 2. The van der Waals surface area contributed by atoms with Crippen molar-refractivity contribution in [2.45, 2.75) is 24.7 Å². The molecule has 4 nitrogen and oxygen atoms in total. The molecule has 0 bridgehead atoms. The van der Waals surface area contributed by atoms with Crippen molar-refractivity contribution in [3.63, 3.8) is 0 Å². The van der Waals surface area contributed by atoms with Gasteiger partial charge in [0.1, 0.15) is 0 Å². The molecule has 1 amide bonds. The Morgan fingerprint density at radius 3 is 3.06 bits per heavy atom. The zero-order chi connectivity index (χ0) is 11.4. The number of nitrogens with one attached hydrogen (secondary N) is 1. The third kappa shape index (κ3) is 2.07. The lowest BCUT2D eigenvalue weighted by Crippen LogP contribution is -2.38. The van der Waals surface area contributed by atoms with Crippen molar-refractivity contribution in [2.75, 3.05) is 13.1 Å². The lowest BCUT2D eigenvalue weighted by atomic mass is 9.77. The Hall–Kier alpha value is -1.42. The quantitative estimate of drug-likeness (QED) is 0.764. The number of aromatic nitrogens is 1. The Morgan fingerprint density at radius 2 is 2.38 bits per heavy atom. The molecule has 0 aliphatic carbocycles. The van der Waals surface area contributed by atoms with Crippen LogP contribution in [-0.4, -0.2) is 24.0 Å². The highest BCUT2D eigenvalue weighted by atomic mass is 16.1. The van der Waals surface area contributed by atoms with Gasteiger partial charge in [0.25, 0.3) is 0 Å². The molecule has 0 radical (unpaired) electrons. The minimum Gasteiger partial charge on any atom is -0.356 e. The van der Waals surface area contributed by atoms with E-state index in [1.165, 1.54) is 0 Å². The van der Waals surface area contributed by atoms with Crippen LogP contribution in [0.3, 0.4) is 0 Å². The molecule has 2 heterocycles. The van der Waals surface area contributed by atoms with E-state index in [9.17, 15) is 4.79 Å². The van der Waals surface area contributed by atoms with Gasteiger partial charge in [-0.3, -0.25) is 9.78 Å². The summed E-state index contributed by atoms with van der Waals surface area (Å²) in [5.41, 5.74) is 6.55. The number of carbonyl (C=O) groups is 1. The van der Waals surface area contributed by atoms with Crippen LogP contribution < -0.4 is 11.1 Å². The Labute approximate surface area is 95.3 Å². The number of pyridine rings is 1. The molecule has 16 heavy (non-hydrogen) atoms. The molecule has 1 aliphatic heterocycles. The van der Waals surface area contributed by atoms with E-state index < -0.39 is 0 Å². The Morgan fingerprint density at radius 1 is 1.50 bits per heavy atom. The van der Waals surface area contributed by atoms with E-state index in [4.69, 9.17) is 5.73 Å². The van der Waals surface area contributed by atoms with Crippen molar-refractivity contribution in [1.82, 2.24) is 10.3 Å². The average molecular weight is 219 g/mol. The van der Waals surface area contributed by atoms with Crippen molar-refractivity contribution in [3.8, 4) is 0 Å². The normalized spacial score (nSPS) is 25.9. The third-order valence-electron chi connectivity index (χ3n) is 3.25. The zero-order valence-electron chi connectivity index (χ0n) is 9.28. The molecular formula is C12H17N3O. The fraction of sp³-hybridized carbons (Fsp3) is 0.500. The summed E-state index contributed by atoms with van der Waals surface area (Å²) >= 11 is 0. The fourth-order valence-corrected chi connectivity index (χ4v) is 2.29. The first kappa shape index (κ1) is 11.1. The van der Waals surface area contributed by atoms with Crippen molar-refractivity contribution >= 4 is 5.91 Å². The Bertz CT molecular complexity index is 366. The SMILES string of the molecule is NCC1(c2ccccn2)CCCNC(=O)C1. The van der Waals surface area contributed by atoms with Gasteiger partial charge in [0.15, 0.2) is 0 Å². The second kappa shape index (κ2) is 4.61. The van der Waals surface area contributed by atoms with Gasteiger partial charge in [-0.25, -0.2) is 0 Å². The van der Waals surface area contributed by atoms with Crippen LogP contribution in [0.25, 0.3) is 0 Å². The van der Waals surface area contributed by atoms with Gasteiger partial charge in [0.05, 0.1) is 0 Å². The number of amides is 1. The highest BCUT2D eigenvalue weighted by Gasteiger charge is 2.35. The van der Waals surface area contributed by atoms with Crippen LogP contribution in [0, 0.1) is 0 Å². The van der Waals surface area contributed by atoms with Gasteiger partial charge < -0.3 is 11.1 Å². The van der Waals surface area contributed by atoms with Gasteiger partial charge in [0, 0.05) is 36.8 Å². The molecule has 1 aromatic rings. The van der Waals surface area contributed by atoms with Crippen LogP contribution in [-0.2, 0) is 10.2 Å². The molecule has 86 valence electrons. The molecule has 1 fully saturated rings. The first-order valence-electron chi connectivity index (χ1n) is 5.65. The molecule has 1 unspecified atom stereocenters. The molecule has 1 saturated heterocycles. The first-order valence-corrected chi connectivity index (χ1v) is 5.65. The zero-order valence-corrected chi connectivity index (χ0v) is 9.28. The molecule has 0 spiro atoms. The summed E-state index contributed by atoms with van der Waals surface area (Å²) in [4.78, 5) is 16.0. The van der Waals surface area contributed by atoms with Crippen molar-refractivity contribution in [1.29, 1.82) is 0 Å². The molecule has 3 N–H and O–H groups in total. The van der Waals surface area contributed by atoms with E-state index in [1.54, 1.807) is 6.20 Å². The van der Waals surface area contributed by atoms with E-state index >= 15 is 0 Å². The van der Waals surface area contributed by atoms with Crippen molar-refractivity contribution in [2.24, 2.45) is 5.73 Å². The molecule has 1 aromatic heterocycles. The molecule has 4 heteroatoms. The van der Waals surface area contributed by atoms with E-state index in [2.05, 4.69) is 10.3 Å². The number of hydrogen-bond acceptors (Lipinski definition) is 3. The van der Waals surface area contributed by atoms with Crippen LogP contribution in [0.5, 0.6) is 0 Å². The maximum Gasteiger partial charge on any atom is 0.221 e. The predicted octanol–water partition coefficient (Wildman–Crippen LogP) is 0.578. The van der Waals surface area contributed by atoms with Gasteiger partial charge in [-0.05, 0) is 25.0 Å². The van der Waals surface area contributed by atoms with Crippen LogP contribution >= 0.6 is 0 Å². The van der Waals surface area contributed by atoms with Crippen molar-refractivity contribution < 1.29 is 4.79 Å². The number of carbonyl (C=O) groups excluding carboxylic acids is 1. The number of rotatable bonds is 2. The van der Waals surface area contributed by atoms with Gasteiger partial charge >= 0.3 is 0 Å². The van der Waals surface area contributed by atoms with Crippen LogP contribution in [0.1, 0.15) is 25.0 Å². The summed E-state index contributed by atoms with van der Waals surface area (Å²) in [5, 5.41) is 2.88. The standard InChI is InChI=1S/C12H17N3O/c13-9-12(10-4-1-2-6-14-10)5-3-7-15-11(16)8-12/h1-2,4,6H,3,5,7-9,13H2,(H,15,16). The summed E-state index contributed by atoms with van der Waals surface area (Å²) in [6.45, 7) is 1.21. The maximum absolute atomic E-state index is 11.6. The van der Waals surface area contributed by atoms with Crippen LogP contribution in [0.15, 0.2) is 24.4 Å². The monoisotopic (exact) mass is 219 g/mol. The summed E-state index contributed by atoms with van der Waals surface area (Å²) in [6.07, 6.45) is 4.08. The van der Waals surface area contributed by atoms with Gasteiger partial charge in [-0.15, -0.1) is 0 Å². The second-order valence-electron chi connectivity index (χ2n) is 4.33. The van der Waals surface area contributed by atoms with Crippen LogP contribution in [0.2, 0.25) is 0 Å². The molecule has 2 rings (SSSR count). The van der Waals surface area contributed by atoms with Crippen molar-refractivity contribution in [3.05, 3.63) is 30.1 Å². The lowest BCUT2D eigenvalue weighted by molar-refractivity contribution is -0.121. The molecule has 1 atom stereocenters. The summed E-state index contributed by atoms with van der Waals surface area (Å²) < 4.78 is 0. The van der Waals surface area contributed by atoms with E-state index in [0.717, 1.165) is 25.1 Å². The highest BCUT2D eigenvalue weighted by Crippen LogP contribution is 2.31. The van der Waals surface area contributed by atoms with E-state index in [1.807, 2.05) is 18.2 Å². The number of nitrogens with zero attached hydrogens (tertiary/aromatic N) is 1. The largest absolute Gasteiger partial charge is 0.356 e. The lowest BCUT2D eigenvalue weighted by Gasteiger charge is -2.29. The highest BCUT2D eigenvalue weighted by molar-refractivity contribution is 5.77. The summed E-state index contributed by atoms with van der Waals surface area (Å²) in [6, 6.07) is 5.79. The van der Waals surface area contributed by atoms with E-state index in [-0.39, 0.29) is 11.3 Å².